The van der Waals surface area contributed by atoms with E-state index in [2.05, 4.69) is 73.6 Å². The van der Waals surface area contributed by atoms with E-state index in [-0.39, 0.29) is 5.60 Å². The second-order valence-corrected chi connectivity index (χ2v) is 10.8. The fraction of sp³-hybridized carbons (Fsp3) is 0.667. The van der Waals surface area contributed by atoms with Gasteiger partial charge in [-0.25, -0.2) is 0 Å². The predicted octanol–water partition coefficient (Wildman–Crippen LogP) is 9.57. The molecule has 0 spiro atoms. The van der Waals surface area contributed by atoms with Crippen molar-refractivity contribution in [1.82, 2.24) is 0 Å². The molecule has 0 bridgehead atoms. The average Bonchev–Trinajstić information content (AvgIpc) is 3.13. The summed E-state index contributed by atoms with van der Waals surface area (Å²) >= 11 is 0. The molecule has 0 aromatic rings. The molecule has 1 aliphatic heterocycles. The number of hydrogen-bond acceptors (Lipinski definition) is 1. The molecule has 174 valence electrons. The number of rotatable bonds is 12. The summed E-state index contributed by atoms with van der Waals surface area (Å²) in [7, 11) is 0. The van der Waals surface area contributed by atoms with Crippen LogP contribution in [0.25, 0.3) is 0 Å². The third kappa shape index (κ3) is 8.97. The van der Waals surface area contributed by atoms with Crippen molar-refractivity contribution in [2.24, 2.45) is 0 Å². The molecule has 1 heterocycles. The van der Waals surface area contributed by atoms with Crippen molar-refractivity contribution < 1.29 is 4.74 Å². The van der Waals surface area contributed by atoms with Crippen molar-refractivity contribution in [3.63, 3.8) is 0 Å². The van der Waals surface area contributed by atoms with Crippen LogP contribution in [0, 0.1) is 0 Å². The van der Waals surface area contributed by atoms with Crippen LogP contribution in [0.2, 0.25) is 0 Å². The molecule has 1 heteroatoms. The van der Waals surface area contributed by atoms with Crippen molar-refractivity contribution in [3.8, 4) is 0 Å². The summed E-state index contributed by atoms with van der Waals surface area (Å²) in [6.45, 7) is 18.1. The molecule has 1 atom stereocenters. The molecule has 0 radical (unpaired) electrons. The molecule has 0 amide bonds. The van der Waals surface area contributed by atoms with Crippen molar-refractivity contribution in [3.05, 3.63) is 57.2 Å². The second-order valence-electron chi connectivity index (χ2n) is 10.8. The predicted molar refractivity (Wildman–Crippen MR) is 137 cm³/mol. The van der Waals surface area contributed by atoms with Crippen LogP contribution in [-0.2, 0) is 4.74 Å². The molecule has 2 rings (SSSR count). The molecule has 1 aliphatic carbocycles. The van der Waals surface area contributed by atoms with Crippen LogP contribution in [0.1, 0.15) is 120 Å². The van der Waals surface area contributed by atoms with Gasteiger partial charge in [-0.2, -0.15) is 0 Å². The highest BCUT2D eigenvalue weighted by Gasteiger charge is 2.46. The van der Waals surface area contributed by atoms with Crippen molar-refractivity contribution >= 4 is 0 Å². The van der Waals surface area contributed by atoms with Crippen LogP contribution in [0.3, 0.4) is 0 Å². The molecular formula is C30H48O. The summed E-state index contributed by atoms with van der Waals surface area (Å²) in [5, 5.41) is 0. The SMILES string of the molecule is CC(C)=CCC/C(C)=C1/CCC(C)=C1CC/C=C(\C)CC/C=C(\C)CC[C@@H]1OC1(C)C. The minimum absolute atomic E-state index is 0.131. The maximum absolute atomic E-state index is 5.70. The molecule has 0 saturated carbocycles. The zero-order valence-electron chi connectivity index (χ0n) is 21.8. The Balaban J connectivity index is 1.76. The van der Waals surface area contributed by atoms with Crippen LogP contribution in [0.4, 0.5) is 0 Å². The van der Waals surface area contributed by atoms with Crippen LogP contribution in [-0.4, -0.2) is 11.7 Å². The number of ether oxygens (including phenoxy) is 1. The Kier molecular flexibility index (Phi) is 10.1. The lowest BCUT2D eigenvalue weighted by Crippen LogP contribution is -2.02. The van der Waals surface area contributed by atoms with Gasteiger partial charge in [-0.05, 0) is 131 Å². The lowest BCUT2D eigenvalue weighted by atomic mass is 9.95. The van der Waals surface area contributed by atoms with E-state index in [0.29, 0.717) is 6.10 Å². The number of epoxide rings is 1. The van der Waals surface area contributed by atoms with Gasteiger partial charge in [0.1, 0.15) is 0 Å². The van der Waals surface area contributed by atoms with E-state index in [1.807, 2.05) is 0 Å². The Morgan fingerprint density at radius 1 is 0.871 bits per heavy atom. The summed E-state index contributed by atoms with van der Waals surface area (Å²) in [5.74, 6) is 0. The van der Waals surface area contributed by atoms with Crippen LogP contribution in [0.15, 0.2) is 57.2 Å². The highest BCUT2D eigenvalue weighted by Crippen LogP contribution is 2.39. The normalized spacial score (nSPS) is 22.8. The number of allylic oxidation sites excluding steroid dienone is 10. The van der Waals surface area contributed by atoms with E-state index < -0.39 is 0 Å². The van der Waals surface area contributed by atoms with Gasteiger partial charge in [-0.3, -0.25) is 0 Å². The van der Waals surface area contributed by atoms with E-state index in [0.717, 1.165) is 0 Å². The highest BCUT2D eigenvalue weighted by atomic mass is 16.6. The monoisotopic (exact) mass is 424 g/mol. The van der Waals surface area contributed by atoms with Gasteiger partial charge in [0.05, 0.1) is 11.7 Å². The quantitative estimate of drug-likeness (QED) is 0.224. The average molecular weight is 425 g/mol. The molecule has 1 nitrogen and oxygen atoms in total. The van der Waals surface area contributed by atoms with Gasteiger partial charge in [0.15, 0.2) is 0 Å². The summed E-state index contributed by atoms with van der Waals surface area (Å²) in [6.07, 6.45) is 19.8. The number of hydrogen-bond donors (Lipinski definition) is 0. The third-order valence-corrected chi connectivity index (χ3v) is 7.10. The first-order valence-corrected chi connectivity index (χ1v) is 12.6. The van der Waals surface area contributed by atoms with E-state index in [1.54, 1.807) is 22.3 Å². The summed E-state index contributed by atoms with van der Waals surface area (Å²) in [4.78, 5) is 0. The molecule has 1 saturated heterocycles. The summed E-state index contributed by atoms with van der Waals surface area (Å²) < 4.78 is 5.70. The molecule has 0 unspecified atom stereocenters. The van der Waals surface area contributed by atoms with Gasteiger partial charge in [0, 0.05) is 0 Å². The molecule has 0 aromatic carbocycles. The van der Waals surface area contributed by atoms with Gasteiger partial charge < -0.3 is 4.74 Å². The topological polar surface area (TPSA) is 12.5 Å². The van der Waals surface area contributed by atoms with Crippen molar-refractivity contribution in [2.75, 3.05) is 0 Å². The van der Waals surface area contributed by atoms with Gasteiger partial charge in [-0.15, -0.1) is 0 Å². The Hall–Kier alpha value is -1.34. The molecular weight excluding hydrogens is 376 g/mol. The van der Waals surface area contributed by atoms with E-state index in [9.17, 15) is 0 Å². The lowest BCUT2D eigenvalue weighted by molar-refractivity contribution is 0.320. The second kappa shape index (κ2) is 12.0. The van der Waals surface area contributed by atoms with Gasteiger partial charge in [0.25, 0.3) is 0 Å². The molecule has 31 heavy (non-hydrogen) atoms. The Morgan fingerprint density at radius 2 is 1.48 bits per heavy atom. The van der Waals surface area contributed by atoms with E-state index in [1.165, 1.54) is 80.9 Å². The summed E-state index contributed by atoms with van der Waals surface area (Å²) in [5.41, 5.74) is 11.2. The van der Waals surface area contributed by atoms with E-state index >= 15 is 0 Å². The zero-order valence-corrected chi connectivity index (χ0v) is 21.8. The first-order valence-electron chi connectivity index (χ1n) is 12.6. The molecule has 0 N–H and O–H groups in total. The van der Waals surface area contributed by atoms with E-state index in [4.69, 9.17) is 4.74 Å². The first-order chi connectivity index (χ1) is 14.6. The smallest absolute Gasteiger partial charge is 0.0892 e. The Bertz CT molecular complexity index is 762. The van der Waals surface area contributed by atoms with Gasteiger partial charge in [-0.1, -0.05) is 46.1 Å². The minimum Gasteiger partial charge on any atom is -0.367 e. The van der Waals surface area contributed by atoms with Crippen molar-refractivity contribution in [1.29, 1.82) is 0 Å². The van der Waals surface area contributed by atoms with Crippen LogP contribution < -0.4 is 0 Å². The largest absolute Gasteiger partial charge is 0.367 e. The molecule has 0 aromatic heterocycles. The first kappa shape index (κ1) is 25.9. The minimum atomic E-state index is 0.131. The van der Waals surface area contributed by atoms with Gasteiger partial charge >= 0.3 is 0 Å². The molecule has 1 fully saturated rings. The summed E-state index contributed by atoms with van der Waals surface area (Å²) in [6, 6.07) is 0. The lowest BCUT2D eigenvalue weighted by Gasteiger charge is -2.11. The maximum atomic E-state index is 5.70. The third-order valence-electron chi connectivity index (χ3n) is 7.10. The maximum Gasteiger partial charge on any atom is 0.0892 e. The van der Waals surface area contributed by atoms with Crippen LogP contribution >= 0.6 is 0 Å². The standard InChI is InChI=1S/C30H48O/c1-22(2)12-9-16-25(5)28-20-19-26(6)27(28)17-11-15-23(3)13-10-14-24(4)18-21-29-30(7,8)31-29/h12,14-15,29H,9-11,13,16-21H2,1-8H3/b23-15+,24-14+,28-25-/t29-/m0/s1. The zero-order chi connectivity index (χ0) is 23.0. The Labute approximate surface area is 193 Å². The fourth-order valence-electron chi connectivity index (χ4n) is 4.75. The van der Waals surface area contributed by atoms with Gasteiger partial charge in [0.2, 0.25) is 0 Å². The van der Waals surface area contributed by atoms with Crippen molar-refractivity contribution in [2.45, 2.75) is 131 Å². The Morgan fingerprint density at radius 3 is 2.13 bits per heavy atom. The van der Waals surface area contributed by atoms with Crippen LogP contribution in [0.5, 0.6) is 0 Å². The fourth-order valence-corrected chi connectivity index (χ4v) is 4.75. The highest BCUT2D eigenvalue weighted by molar-refractivity contribution is 5.43. The molecule has 2 aliphatic rings.